The number of esters is 1. The molecule has 0 radical (unpaired) electrons. The van der Waals surface area contributed by atoms with Gasteiger partial charge in [0.2, 0.25) is 5.91 Å². The molecule has 8 heteroatoms. The molecule has 7 nitrogen and oxygen atoms in total. The summed E-state index contributed by atoms with van der Waals surface area (Å²) >= 11 is 0. The number of nitrogens with zero attached hydrogens (tertiary/aromatic N) is 1. The van der Waals surface area contributed by atoms with Gasteiger partial charge in [-0.15, -0.1) is 0 Å². The van der Waals surface area contributed by atoms with Crippen molar-refractivity contribution in [3.05, 3.63) is 29.6 Å². The van der Waals surface area contributed by atoms with E-state index in [0.717, 1.165) is 4.90 Å². The van der Waals surface area contributed by atoms with Gasteiger partial charge >= 0.3 is 12.0 Å². The Labute approximate surface area is 132 Å². The number of carbonyl (C=O) groups excluding carboxylic acids is 3. The van der Waals surface area contributed by atoms with E-state index in [1.54, 1.807) is 0 Å². The fourth-order valence-electron chi connectivity index (χ4n) is 2.15. The lowest BCUT2D eigenvalue weighted by Gasteiger charge is -2.12. The molecule has 0 saturated carbocycles. The fourth-order valence-corrected chi connectivity index (χ4v) is 2.15. The second kappa shape index (κ2) is 7.57. The maximum absolute atomic E-state index is 13.2. The molecule has 0 atom stereocenters. The number of hydrogen-bond acceptors (Lipinski definition) is 5. The molecule has 0 aromatic heterocycles. The normalized spacial score (nSPS) is 13.9. The van der Waals surface area contributed by atoms with E-state index in [1.807, 2.05) is 0 Å². The quantitative estimate of drug-likeness (QED) is 0.602. The number of ether oxygens (including phenoxy) is 2. The highest BCUT2D eigenvalue weighted by molar-refractivity contribution is 6.01. The van der Waals surface area contributed by atoms with E-state index in [1.165, 1.54) is 25.3 Å². The number of benzene rings is 1. The van der Waals surface area contributed by atoms with Crippen LogP contribution in [-0.4, -0.2) is 43.0 Å². The summed E-state index contributed by atoms with van der Waals surface area (Å²) in [4.78, 5) is 35.4. The van der Waals surface area contributed by atoms with Crippen molar-refractivity contribution >= 4 is 17.9 Å². The minimum atomic E-state index is -0.497. The summed E-state index contributed by atoms with van der Waals surface area (Å²) in [7, 11) is 1.44. The Balaban J connectivity index is 1.76. The molecule has 2 rings (SSSR count). The van der Waals surface area contributed by atoms with Gasteiger partial charge in [-0.2, -0.15) is 0 Å². The molecule has 3 amide bonds. The molecule has 1 saturated heterocycles. The van der Waals surface area contributed by atoms with Crippen LogP contribution >= 0.6 is 0 Å². The highest BCUT2D eigenvalue weighted by Gasteiger charge is 2.27. The zero-order valence-corrected chi connectivity index (χ0v) is 12.6. The van der Waals surface area contributed by atoms with Gasteiger partial charge in [-0.3, -0.25) is 14.5 Å². The van der Waals surface area contributed by atoms with E-state index in [0.29, 0.717) is 17.7 Å². The molecule has 1 N–H and O–H groups in total. The SMILES string of the molecule is COc1ccc(F)cc1COC(=O)CCCN1C(=O)CNC1=O. The van der Waals surface area contributed by atoms with Crippen molar-refractivity contribution in [1.29, 1.82) is 0 Å². The molecule has 1 aliphatic rings. The summed E-state index contributed by atoms with van der Waals surface area (Å²) < 4.78 is 23.3. The van der Waals surface area contributed by atoms with Crippen molar-refractivity contribution in [2.45, 2.75) is 19.4 Å². The average molecular weight is 324 g/mol. The lowest BCUT2D eigenvalue weighted by atomic mass is 10.2. The Hall–Kier alpha value is -2.64. The maximum atomic E-state index is 13.2. The lowest BCUT2D eigenvalue weighted by Crippen LogP contribution is -2.32. The Morgan fingerprint density at radius 2 is 2.17 bits per heavy atom. The predicted molar refractivity (Wildman–Crippen MR) is 77.1 cm³/mol. The first-order valence-electron chi connectivity index (χ1n) is 7.07. The monoisotopic (exact) mass is 324 g/mol. The van der Waals surface area contributed by atoms with Crippen molar-refractivity contribution in [2.24, 2.45) is 0 Å². The number of amides is 3. The Morgan fingerprint density at radius 3 is 2.83 bits per heavy atom. The first-order chi connectivity index (χ1) is 11.0. The number of nitrogens with one attached hydrogen (secondary N) is 1. The zero-order valence-electron chi connectivity index (χ0n) is 12.6. The number of halogens is 1. The van der Waals surface area contributed by atoms with E-state index in [9.17, 15) is 18.8 Å². The van der Waals surface area contributed by atoms with Crippen LogP contribution in [0.25, 0.3) is 0 Å². The van der Waals surface area contributed by atoms with Crippen LogP contribution in [0, 0.1) is 5.82 Å². The van der Waals surface area contributed by atoms with Crippen molar-refractivity contribution in [2.75, 3.05) is 20.2 Å². The Kier molecular flexibility index (Phi) is 5.51. The second-order valence-corrected chi connectivity index (χ2v) is 4.92. The van der Waals surface area contributed by atoms with E-state index in [2.05, 4.69) is 5.32 Å². The van der Waals surface area contributed by atoms with E-state index < -0.39 is 17.8 Å². The Bertz CT molecular complexity index is 604. The van der Waals surface area contributed by atoms with Crippen molar-refractivity contribution < 1.29 is 28.2 Å². The van der Waals surface area contributed by atoms with Gasteiger partial charge in [0.15, 0.2) is 0 Å². The number of hydrogen-bond donors (Lipinski definition) is 1. The lowest BCUT2D eigenvalue weighted by molar-refractivity contribution is -0.145. The highest BCUT2D eigenvalue weighted by Crippen LogP contribution is 2.20. The molecular weight excluding hydrogens is 307 g/mol. The van der Waals surface area contributed by atoms with E-state index >= 15 is 0 Å². The minimum absolute atomic E-state index is 0.0113. The molecule has 1 fully saturated rings. The van der Waals surface area contributed by atoms with Crippen LogP contribution in [-0.2, 0) is 20.9 Å². The number of imide groups is 1. The summed E-state index contributed by atoms with van der Waals surface area (Å²) in [5.74, 6) is -0.829. The summed E-state index contributed by atoms with van der Waals surface area (Å²) in [6, 6.07) is 3.49. The first-order valence-corrected chi connectivity index (χ1v) is 7.07. The van der Waals surface area contributed by atoms with Crippen LogP contribution in [0.1, 0.15) is 18.4 Å². The van der Waals surface area contributed by atoms with Crippen LogP contribution in [0.15, 0.2) is 18.2 Å². The summed E-state index contributed by atoms with van der Waals surface area (Å²) in [5.41, 5.74) is 0.426. The highest BCUT2D eigenvalue weighted by atomic mass is 19.1. The van der Waals surface area contributed by atoms with Gasteiger partial charge < -0.3 is 14.8 Å². The molecule has 1 aliphatic heterocycles. The van der Waals surface area contributed by atoms with E-state index in [4.69, 9.17) is 9.47 Å². The number of rotatable bonds is 7. The number of carbonyl (C=O) groups is 3. The topological polar surface area (TPSA) is 84.9 Å². The number of methoxy groups -OCH3 is 1. The van der Waals surface area contributed by atoms with Gasteiger partial charge in [0, 0.05) is 18.5 Å². The van der Waals surface area contributed by atoms with Gasteiger partial charge in [0.05, 0.1) is 13.7 Å². The molecule has 0 spiro atoms. The van der Waals surface area contributed by atoms with Crippen molar-refractivity contribution in [1.82, 2.24) is 10.2 Å². The standard InChI is InChI=1S/C15H17FN2O5/c1-22-12-5-4-11(16)7-10(12)9-23-14(20)3-2-6-18-13(19)8-17-15(18)21/h4-5,7H,2-3,6,8-9H2,1H3,(H,17,21). The van der Waals surface area contributed by atoms with Crippen molar-refractivity contribution in [3.8, 4) is 5.75 Å². The molecule has 0 bridgehead atoms. The molecule has 1 aromatic carbocycles. The van der Waals surface area contributed by atoms with Gasteiger partial charge in [0.25, 0.3) is 0 Å². The average Bonchev–Trinajstić information content (AvgIpc) is 2.85. The third-order valence-electron chi connectivity index (χ3n) is 3.33. The summed E-state index contributed by atoms with van der Waals surface area (Å²) in [6.07, 6.45) is 0.354. The summed E-state index contributed by atoms with van der Waals surface area (Å²) in [6.45, 7) is 0.0363. The fraction of sp³-hybridized carbons (Fsp3) is 0.400. The van der Waals surface area contributed by atoms with Gasteiger partial charge in [-0.1, -0.05) is 0 Å². The maximum Gasteiger partial charge on any atom is 0.324 e. The van der Waals surface area contributed by atoms with Crippen LogP contribution in [0.3, 0.4) is 0 Å². The molecule has 0 aliphatic carbocycles. The predicted octanol–water partition coefficient (Wildman–Crippen LogP) is 1.21. The third-order valence-corrected chi connectivity index (χ3v) is 3.33. The van der Waals surface area contributed by atoms with Gasteiger partial charge in [-0.25, -0.2) is 9.18 Å². The largest absolute Gasteiger partial charge is 0.496 e. The second-order valence-electron chi connectivity index (χ2n) is 4.92. The van der Waals surface area contributed by atoms with Crippen molar-refractivity contribution in [3.63, 3.8) is 0 Å². The summed E-state index contributed by atoms with van der Waals surface area (Å²) in [5, 5.41) is 2.39. The van der Waals surface area contributed by atoms with Crippen LogP contribution in [0.2, 0.25) is 0 Å². The third kappa shape index (κ3) is 4.41. The van der Waals surface area contributed by atoms with Gasteiger partial charge in [-0.05, 0) is 24.6 Å². The molecular formula is C15H17FN2O5. The van der Waals surface area contributed by atoms with Gasteiger partial charge in [0.1, 0.15) is 18.2 Å². The molecule has 124 valence electrons. The molecule has 1 heterocycles. The van der Waals surface area contributed by atoms with Crippen LogP contribution < -0.4 is 10.1 Å². The van der Waals surface area contributed by atoms with E-state index in [-0.39, 0.29) is 32.0 Å². The molecule has 0 unspecified atom stereocenters. The molecule has 23 heavy (non-hydrogen) atoms. The Morgan fingerprint density at radius 1 is 1.39 bits per heavy atom. The number of urea groups is 1. The minimum Gasteiger partial charge on any atom is -0.496 e. The van der Waals surface area contributed by atoms with Crippen LogP contribution in [0.4, 0.5) is 9.18 Å². The smallest absolute Gasteiger partial charge is 0.324 e. The molecule has 1 aromatic rings. The first kappa shape index (κ1) is 16.7. The zero-order chi connectivity index (χ0) is 16.8. The van der Waals surface area contributed by atoms with Crippen LogP contribution in [0.5, 0.6) is 5.75 Å².